The maximum atomic E-state index is 11.8. The maximum absolute atomic E-state index is 11.8. The fraction of sp³-hybridized carbons (Fsp3) is 0.500. The van der Waals surface area contributed by atoms with Gasteiger partial charge >= 0.3 is 5.97 Å². The van der Waals surface area contributed by atoms with Crippen LogP contribution >= 0.6 is 0 Å². The van der Waals surface area contributed by atoms with Gasteiger partial charge in [0.25, 0.3) is 0 Å². The maximum Gasteiger partial charge on any atom is 0.307 e. The van der Waals surface area contributed by atoms with Crippen molar-refractivity contribution >= 4 is 11.9 Å². The van der Waals surface area contributed by atoms with E-state index in [2.05, 4.69) is 5.32 Å². The number of hydrogen-bond donors (Lipinski definition) is 2. The zero-order valence-corrected chi connectivity index (χ0v) is 10.1. The summed E-state index contributed by atoms with van der Waals surface area (Å²) in [6.45, 7) is 4.90. The number of hydrogen-bond acceptors (Lipinski definition) is 3. The van der Waals surface area contributed by atoms with Crippen LogP contribution in [0, 0.1) is 11.8 Å². The van der Waals surface area contributed by atoms with E-state index in [1.54, 1.807) is 26.0 Å². The number of amides is 1. The lowest BCUT2D eigenvalue weighted by molar-refractivity contribution is -0.146. The molecule has 0 bridgehead atoms. The van der Waals surface area contributed by atoms with E-state index in [1.165, 1.54) is 13.2 Å². The minimum atomic E-state index is -0.974. The number of carbonyl (C=O) groups excluding carboxylic acids is 1. The monoisotopic (exact) mass is 239 g/mol. The number of carbonyl (C=O) groups is 2. The fourth-order valence-corrected chi connectivity index (χ4v) is 1.39. The Morgan fingerprint density at radius 1 is 1.29 bits per heavy atom. The molecule has 0 saturated heterocycles. The van der Waals surface area contributed by atoms with Crippen LogP contribution in [0.1, 0.15) is 32.6 Å². The van der Waals surface area contributed by atoms with Gasteiger partial charge in [0.15, 0.2) is 0 Å². The largest absolute Gasteiger partial charge is 0.481 e. The third-order valence-electron chi connectivity index (χ3n) is 2.88. The molecule has 2 N–H and O–H groups in total. The highest BCUT2D eigenvalue weighted by Crippen LogP contribution is 2.16. The van der Waals surface area contributed by atoms with Gasteiger partial charge in [-0.05, 0) is 19.1 Å². The van der Waals surface area contributed by atoms with E-state index in [1.807, 2.05) is 0 Å². The predicted octanol–water partition coefficient (Wildman–Crippen LogP) is 1.81. The van der Waals surface area contributed by atoms with Crippen LogP contribution in [0.5, 0.6) is 0 Å². The van der Waals surface area contributed by atoms with Crippen LogP contribution in [-0.4, -0.2) is 17.0 Å². The van der Waals surface area contributed by atoms with E-state index in [0.29, 0.717) is 5.76 Å². The van der Waals surface area contributed by atoms with Crippen molar-refractivity contribution in [3.8, 4) is 0 Å². The first-order valence-electron chi connectivity index (χ1n) is 5.50. The van der Waals surface area contributed by atoms with E-state index in [4.69, 9.17) is 9.52 Å². The zero-order chi connectivity index (χ0) is 13.0. The molecular formula is C12H17NO4. The Morgan fingerprint density at radius 3 is 2.41 bits per heavy atom. The van der Waals surface area contributed by atoms with Crippen molar-refractivity contribution in [2.24, 2.45) is 11.8 Å². The van der Waals surface area contributed by atoms with Crippen LogP contribution in [-0.2, 0) is 9.59 Å². The number of aliphatic carboxylic acids is 1. The Hall–Kier alpha value is -1.78. The van der Waals surface area contributed by atoms with Crippen molar-refractivity contribution < 1.29 is 19.1 Å². The highest BCUT2D eigenvalue weighted by molar-refractivity contribution is 5.84. The standard InChI is InChI=1S/C12H17NO4/c1-7(8(2)12(15)16)11(14)13-9(3)10-5-4-6-17-10/h4-9H,1-3H3,(H,13,14)(H,15,16)/t7?,8?,9-/m1/s1. The smallest absolute Gasteiger partial charge is 0.307 e. The fourth-order valence-electron chi connectivity index (χ4n) is 1.39. The van der Waals surface area contributed by atoms with Gasteiger partial charge in [-0.1, -0.05) is 13.8 Å². The van der Waals surface area contributed by atoms with Crippen LogP contribution in [0.15, 0.2) is 22.8 Å². The minimum absolute atomic E-state index is 0.263. The van der Waals surface area contributed by atoms with E-state index >= 15 is 0 Å². The lowest BCUT2D eigenvalue weighted by Crippen LogP contribution is -2.36. The molecule has 3 atom stereocenters. The summed E-state index contributed by atoms with van der Waals surface area (Å²) in [5.41, 5.74) is 0. The Balaban J connectivity index is 2.57. The van der Waals surface area contributed by atoms with Gasteiger partial charge < -0.3 is 14.8 Å². The lowest BCUT2D eigenvalue weighted by atomic mass is 9.95. The van der Waals surface area contributed by atoms with Gasteiger partial charge in [0, 0.05) is 5.92 Å². The van der Waals surface area contributed by atoms with Gasteiger partial charge in [0.1, 0.15) is 5.76 Å². The quantitative estimate of drug-likeness (QED) is 0.821. The van der Waals surface area contributed by atoms with Gasteiger partial charge in [-0.15, -0.1) is 0 Å². The number of furan rings is 1. The first kappa shape index (κ1) is 13.3. The summed E-state index contributed by atoms with van der Waals surface area (Å²) in [6.07, 6.45) is 1.53. The summed E-state index contributed by atoms with van der Waals surface area (Å²) < 4.78 is 5.15. The summed E-state index contributed by atoms with van der Waals surface area (Å²) in [5.74, 6) is -1.90. The van der Waals surface area contributed by atoms with Crippen LogP contribution < -0.4 is 5.32 Å². The number of carboxylic acid groups (broad SMARTS) is 1. The lowest BCUT2D eigenvalue weighted by Gasteiger charge is -2.18. The molecule has 1 heterocycles. The normalized spacial score (nSPS) is 15.9. The van der Waals surface area contributed by atoms with E-state index < -0.39 is 17.8 Å². The summed E-state index contributed by atoms with van der Waals surface area (Å²) >= 11 is 0. The van der Waals surface area contributed by atoms with Gasteiger partial charge in [-0.2, -0.15) is 0 Å². The molecule has 0 saturated carbocycles. The molecular weight excluding hydrogens is 222 g/mol. The van der Waals surface area contributed by atoms with Crippen molar-refractivity contribution in [2.45, 2.75) is 26.8 Å². The molecule has 0 fully saturated rings. The highest BCUT2D eigenvalue weighted by atomic mass is 16.4. The van der Waals surface area contributed by atoms with Crippen molar-refractivity contribution in [3.63, 3.8) is 0 Å². The van der Waals surface area contributed by atoms with Crippen LogP contribution in [0.25, 0.3) is 0 Å². The second-order valence-corrected chi connectivity index (χ2v) is 4.16. The summed E-state index contributed by atoms with van der Waals surface area (Å²) in [4.78, 5) is 22.5. The molecule has 17 heavy (non-hydrogen) atoms. The predicted molar refractivity (Wildman–Crippen MR) is 61.2 cm³/mol. The van der Waals surface area contributed by atoms with Crippen LogP contribution in [0.2, 0.25) is 0 Å². The van der Waals surface area contributed by atoms with Gasteiger partial charge in [0.05, 0.1) is 18.2 Å². The average molecular weight is 239 g/mol. The molecule has 1 aromatic heterocycles. The van der Waals surface area contributed by atoms with Crippen molar-refractivity contribution in [1.82, 2.24) is 5.32 Å². The molecule has 0 aromatic carbocycles. The molecule has 0 spiro atoms. The third-order valence-corrected chi connectivity index (χ3v) is 2.88. The second kappa shape index (κ2) is 5.52. The molecule has 2 unspecified atom stereocenters. The Morgan fingerprint density at radius 2 is 1.94 bits per heavy atom. The van der Waals surface area contributed by atoms with E-state index in [0.717, 1.165) is 0 Å². The molecule has 0 radical (unpaired) electrons. The topological polar surface area (TPSA) is 79.5 Å². The van der Waals surface area contributed by atoms with Gasteiger partial charge in [-0.3, -0.25) is 9.59 Å². The van der Waals surface area contributed by atoms with Crippen molar-refractivity contribution in [3.05, 3.63) is 24.2 Å². The Kier molecular flexibility index (Phi) is 4.31. The average Bonchev–Trinajstić information content (AvgIpc) is 2.80. The number of carboxylic acids is 1. The number of rotatable bonds is 5. The van der Waals surface area contributed by atoms with Gasteiger partial charge in [0.2, 0.25) is 5.91 Å². The molecule has 0 aliphatic carbocycles. The second-order valence-electron chi connectivity index (χ2n) is 4.16. The number of nitrogens with one attached hydrogen (secondary N) is 1. The summed E-state index contributed by atoms with van der Waals surface area (Å²) in [5, 5.41) is 11.5. The van der Waals surface area contributed by atoms with E-state index in [-0.39, 0.29) is 11.9 Å². The van der Waals surface area contributed by atoms with Crippen molar-refractivity contribution in [2.75, 3.05) is 0 Å². The highest BCUT2D eigenvalue weighted by Gasteiger charge is 2.27. The Labute approximate surface area is 99.8 Å². The zero-order valence-electron chi connectivity index (χ0n) is 10.1. The Bertz CT molecular complexity index is 385. The summed E-state index contributed by atoms with van der Waals surface area (Å²) in [6, 6.07) is 3.23. The molecule has 1 amide bonds. The molecule has 0 aliphatic heterocycles. The molecule has 5 nitrogen and oxygen atoms in total. The first-order chi connectivity index (χ1) is 7.93. The molecule has 94 valence electrons. The molecule has 1 rings (SSSR count). The third kappa shape index (κ3) is 3.34. The molecule has 1 aromatic rings. The SMILES string of the molecule is CC(C(=O)O)C(C)C(=O)N[C@H](C)c1ccco1. The first-order valence-corrected chi connectivity index (χ1v) is 5.50. The van der Waals surface area contributed by atoms with Gasteiger partial charge in [-0.25, -0.2) is 0 Å². The minimum Gasteiger partial charge on any atom is -0.481 e. The van der Waals surface area contributed by atoms with Crippen molar-refractivity contribution in [1.29, 1.82) is 0 Å². The van der Waals surface area contributed by atoms with E-state index in [9.17, 15) is 9.59 Å². The molecule has 0 aliphatic rings. The summed E-state index contributed by atoms with van der Waals surface area (Å²) in [7, 11) is 0. The van der Waals surface area contributed by atoms with Crippen LogP contribution in [0.4, 0.5) is 0 Å². The van der Waals surface area contributed by atoms with Crippen LogP contribution in [0.3, 0.4) is 0 Å². The molecule has 5 heteroatoms.